The van der Waals surface area contributed by atoms with Gasteiger partial charge in [0.15, 0.2) is 0 Å². The average molecular weight is 331 g/mol. The summed E-state index contributed by atoms with van der Waals surface area (Å²) in [6, 6.07) is 8.37. The van der Waals surface area contributed by atoms with Gasteiger partial charge in [-0.25, -0.2) is 0 Å². The molecule has 23 heavy (non-hydrogen) atoms. The predicted molar refractivity (Wildman–Crippen MR) is 90.1 cm³/mol. The molecule has 1 aromatic carbocycles. The lowest BCUT2D eigenvalue weighted by atomic mass is 9.99. The van der Waals surface area contributed by atoms with Gasteiger partial charge in [-0.3, -0.25) is 9.69 Å². The van der Waals surface area contributed by atoms with E-state index in [0.717, 1.165) is 30.3 Å². The maximum absolute atomic E-state index is 12.3. The topological polar surface area (TPSA) is 73.9 Å². The highest BCUT2D eigenvalue weighted by atomic mass is 32.2. The van der Waals surface area contributed by atoms with Crippen molar-refractivity contribution < 1.29 is 4.79 Å². The van der Waals surface area contributed by atoms with Crippen molar-refractivity contribution in [3.63, 3.8) is 0 Å². The van der Waals surface area contributed by atoms with Gasteiger partial charge >= 0.3 is 0 Å². The number of hydrogen-bond donors (Lipinski definition) is 2. The Kier molecular flexibility index (Phi) is 5.30. The van der Waals surface area contributed by atoms with Gasteiger partial charge in [0.25, 0.3) is 0 Å². The lowest BCUT2D eigenvalue weighted by Gasteiger charge is -2.32. The maximum Gasteiger partial charge on any atom is 0.237 e. The average Bonchev–Trinajstić information content (AvgIpc) is 3.11. The summed E-state index contributed by atoms with van der Waals surface area (Å²) in [6.07, 6.45) is 2.69. The van der Waals surface area contributed by atoms with E-state index in [1.54, 1.807) is 18.0 Å². The summed E-state index contributed by atoms with van der Waals surface area (Å²) in [5, 5.41) is 14.1. The zero-order valence-electron chi connectivity index (χ0n) is 13.2. The molecule has 1 aliphatic rings. The van der Waals surface area contributed by atoms with Crippen molar-refractivity contribution in [3.05, 3.63) is 41.6 Å². The van der Waals surface area contributed by atoms with Gasteiger partial charge in [-0.15, -0.1) is 16.9 Å². The van der Waals surface area contributed by atoms with E-state index in [1.807, 2.05) is 6.92 Å². The number of hydrogen-bond acceptors (Lipinski definition) is 5. The highest BCUT2D eigenvalue weighted by molar-refractivity contribution is 7.99. The largest absolute Gasteiger partial charge is 0.354 e. The molecule has 1 atom stereocenters. The van der Waals surface area contributed by atoms with Crippen LogP contribution >= 0.6 is 11.8 Å². The van der Waals surface area contributed by atoms with E-state index in [-0.39, 0.29) is 11.9 Å². The second-order valence-corrected chi connectivity index (χ2v) is 6.73. The molecule has 2 N–H and O–H groups in total. The lowest BCUT2D eigenvalue weighted by molar-refractivity contribution is -0.126. The highest BCUT2D eigenvalue weighted by Crippen LogP contribution is 2.20. The van der Waals surface area contributed by atoms with E-state index in [0.29, 0.717) is 6.54 Å². The fraction of sp³-hybridized carbons (Fsp3) is 0.438. The van der Waals surface area contributed by atoms with Crippen LogP contribution in [0.15, 0.2) is 35.5 Å². The van der Waals surface area contributed by atoms with Crippen LogP contribution < -0.4 is 5.32 Å². The molecule has 7 heteroatoms. The Morgan fingerprint density at radius 2 is 2.26 bits per heavy atom. The molecular weight excluding hydrogens is 310 g/mol. The number of benzene rings is 1. The summed E-state index contributed by atoms with van der Waals surface area (Å²) < 4.78 is 0. The van der Waals surface area contributed by atoms with E-state index in [4.69, 9.17) is 0 Å². The van der Waals surface area contributed by atoms with Gasteiger partial charge in [0.1, 0.15) is 5.03 Å². The number of H-pyrrole nitrogens is 1. The van der Waals surface area contributed by atoms with Gasteiger partial charge in [0, 0.05) is 25.4 Å². The Balaban J connectivity index is 1.44. The molecule has 1 aliphatic heterocycles. The van der Waals surface area contributed by atoms with Crippen LogP contribution in [-0.4, -0.2) is 51.1 Å². The molecular formula is C16H21N5OS. The molecule has 0 fully saturated rings. The summed E-state index contributed by atoms with van der Waals surface area (Å²) in [5.74, 6) is 0.874. The van der Waals surface area contributed by atoms with Crippen LogP contribution in [0.3, 0.4) is 0 Å². The Morgan fingerprint density at radius 3 is 3.04 bits per heavy atom. The van der Waals surface area contributed by atoms with Gasteiger partial charge in [-0.1, -0.05) is 24.3 Å². The normalized spacial score (nSPS) is 15.9. The van der Waals surface area contributed by atoms with Crippen LogP contribution in [0.2, 0.25) is 0 Å². The Hall–Kier alpha value is -1.86. The van der Waals surface area contributed by atoms with Gasteiger partial charge in [0.2, 0.25) is 5.91 Å². The van der Waals surface area contributed by atoms with Gasteiger partial charge in [-0.05, 0) is 24.5 Å². The minimum atomic E-state index is -0.111. The van der Waals surface area contributed by atoms with E-state index in [2.05, 4.69) is 49.9 Å². The van der Waals surface area contributed by atoms with Gasteiger partial charge in [-0.2, -0.15) is 10.3 Å². The smallest absolute Gasteiger partial charge is 0.237 e. The third-order valence-electron chi connectivity index (χ3n) is 4.13. The van der Waals surface area contributed by atoms with Crippen molar-refractivity contribution in [1.29, 1.82) is 0 Å². The monoisotopic (exact) mass is 331 g/mol. The zero-order chi connectivity index (χ0) is 16.1. The SMILES string of the molecule is C[C@@H](C(=O)NCCSc1cn[nH]n1)N1CCc2ccccc2C1. The lowest BCUT2D eigenvalue weighted by Crippen LogP contribution is -2.47. The summed E-state index contributed by atoms with van der Waals surface area (Å²) in [4.78, 5) is 14.6. The van der Waals surface area contributed by atoms with Crippen LogP contribution in [0, 0.1) is 0 Å². The third-order valence-corrected chi connectivity index (χ3v) is 5.03. The van der Waals surface area contributed by atoms with E-state index in [1.165, 1.54) is 11.1 Å². The van der Waals surface area contributed by atoms with E-state index >= 15 is 0 Å². The number of fused-ring (bicyclic) bond motifs is 1. The minimum absolute atomic E-state index is 0.0881. The number of rotatable bonds is 6. The summed E-state index contributed by atoms with van der Waals surface area (Å²) in [6.45, 7) is 4.39. The first-order valence-corrected chi connectivity index (χ1v) is 8.79. The Morgan fingerprint density at radius 1 is 1.43 bits per heavy atom. The second-order valence-electron chi connectivity index (χ2n) is 5.61. The minimum Gasteiger partial charge on any atom is -0.354 e. The molecule has 0 saturated carbocycles. The molecule has 0 aliphatic carbocycles. The number of thioether (sulfide) groups is 1. The molecule has 0 unspecified atom stereocenters. The van der Waals surface area contributed by atoms with Crippen LogP contribution in [0.5, 0.6) is 0 Å². The van der Waals surface area contributed by atoms with Gasteiger partial charge < -0.3 is 5.32 Å². The molecule has 6 nitrogen and oxygen atoms in total. The van der Waals surface area contributed by atoms with Crippen molar-refractivity contribution in [2.75, 3.05) is 18.8 Å². The van der Waals surface area contributed by atoms with Crippen LogP contribution in [0.25, 0.3) is 0 Å². The van der Waals surface area contributed by atoms with Crippen LogP contribution in [0.1, 0.15) is 18.1 Å². The fourth-order valence-electron chi connectivity index (χ4n) is 2.75. The molecule has 2 aromatic rings. The first-order chi connectivity index (χ1) is 11.2. The zero-order valence-corrected chi connectivity index (χ0v) is 14.0. The Labute approximate surface area is 140 Å². The molecule has 122 valence electrons. The molecule has 1 aromatic heterocycles. The number of carbonyl (C=O) groups is 1. The summed E-state index contributed by atoms with van der Waals surface area (Å²) in [7, 11) is 0. The van der Waals surface area contributed by atoms with Crippen molar-refractivity contribution in [3.8, 4) is 0 Å². The molecule has 3 rings (SSSR count). The standard InChI is InChI=1S/C16H21N5OS/c1-12(16(22)17-7-9-23-15-10-18-20-19-15)21-8-6-13-4-2-3-5-14(13)11-21/h2-5,10,12H,6-9,11H2,1H3,(H,17,22)(H,18,19,20)/t12-/m0/s1. The van der Waals surface area contributed by atoms with Crippen molar-refractivity contribution in [2.45, 2.75) is 31.0 Å². The van der Waals surface area contributed by atoms with E-state index in [9.17, 15) is 4.79 Å². The number of amides is 1. The number of nitrogens with zero attached hydrogens (tertiary/aromatic N) is 3. The first kappa shape index (κ1) is 16.0. The third kappa shape index (κ3) is 4.11. The number of nitrogens with one attached hydrogen (secondary N) is 2. The van der Waals surface area contributed by atoms with Gasteiger partial charge in [0.05, 0.1) is 12.2 Å². The van der Waals surface area contributed by atoms with Crippen molar-refractivity contribution in [2.24, 2.45) is 0 Å². The molecule has 0 bridgehead atoms. The summed E-state index contributed by atoms with van der Waals surface area (Å²) in [5.41, 5.74) is 2.74. The number of aromatic amines is 1. The Bertz CT molecular complexity index is 646. The van der Waals surface area contributed by atoms with Crippen molar-refractivity contribution >= 4 is 17.7 Å². The first-order valence-electron chi connectivity index (χ1n) is 7.81. The second kappa shape index (κ2) is 7.61. The predicted octanol–water partition coefficient (Wildman–Crippen LogP) is 1.46. The molecule has 0 radical (unpaired) electrons. The quantitative estimate of drug-likeness (QED) is 0.619. The molecule has 2 heterocycles. The van der Waals surface area contributed by atoms with Crippen LogP contribution in [-0.2, 0) is 17.8 Å². The van der Waals surface area contributed by atoms with E-state index < -0.39 is 0 Å². The fourth-order valence-corrected chi connectivity index (χ4v) is 3.40. The summed E-state index contributed by atoms with van der Waals surface area (Å²) >= 11 is 1.57. The molecule has 1 amide bonds. The van der Waals surface area contributed by atoms with Crippen LogP contribution in [0.4, 0.5) is 0 Å². The number of carbonyl (C=O) groups excluding carboxylic acids is 1. The molecule has 0 saturated heterocycles. The molecule has 0 spiro atoms. The van der Waals surface area contributed by atoms with Crippen molar-refractivity contribution in [1.82, 2.24) is 25.6 Å². The number of aromatic nitrogens is 3. The maximum atomic E-state index is 12.3. The highest BCUT2D eigenvalue weighted by Gasteiger charge is 2.24.